The van der Waals surface area contributed by atoms with Gasteiger partial charge in [0.05, 0.1) is 6.61 Å². The van der Waals surface area contributed by atoms with Gasteiger partial charge in [-0.2, -0.15) is 0 Å². The quantitative estimate of drug-likeness (QED) is 0.561. The molecule has 1 aromatic carbocycles. The molecule has 0 saturated heterocycles. The van der Waals surface area contributed by atoms with E-state index in [-0.39, 0.29) is 5.91 Å². The minimum Gasteiger partial charge on any atom is -0.378 e. The predicted octanol–water partition coefficient (Wildman–Crippen LogP) is 2.39. The molecule has 116 valence electrons. The average molecular weight is 290 g/mol. The van der Waals surface area contributed by atoms with E-state index < -0.39 is 6.10 Å². The fourth-order valence-corrected chi connectivity index (χ4v) is 1.90. The van der Waals surface area contributed by atoms with Gasteiger partial charge in [0.25, 0.3) is 0 Å². The van der Waals surface area contributed by atoms with Gasteiger partial charge in [-0.15, -0.1) is 6.58 Å². The summed E-state index contributed by atoms with van der Waals surface area (Å²) < 4.78 is 5.27. The van der Waals surface area contributed by atoms with Crippen LogP contribution in [0.4, 0.5) is 5.69 Å². The zero-order valence-electron chi connectivity index (χ0n) is 13.3. The SMILES string of the molecule is C=CCO[C@H](C)C(=O)NCCCc1ccc(N(C)C)cc1. The van der Waals surface area contributed by atoms with Gasteiger partial charge in [0.2, 0.25) is 5.91 Å². The first-order valence-corrected chi connectivity index (χ1v) is 7.31. The number of amides is 1. The molecule has 1 amide bonds. The van der Waals surface area contributed by atoms with Gasteiger partial charge < -0.3 is 15.0 Å². The Morgan fingerprint density at radius 2 is 2.05 bits per heavy atom. The molecule has 0 aliphatic carbocycles. The number of rotatable bonds is 9. The summed E-state index contributed by atoms with van der Waals surface area (Å²) in [4.78, 5) is 13.8. The van der Waals surface area contributed by atoms with Crippen molar-refractivity contribution < 1.29 is 9.53 Å². The van der Waals surface area contributed by atoms with E-state index in [4.69, 9.17) is 4.74 Å². The first-order chi connectivity index (χ1) is 10.0. The second kappa shape index (κ2) is 9.19. The third-order valence-corrected chi connectivity index (χ3v) is 3.23. The van der Waals surface area contributed by atoms with E-state index in [1.807, 2.05) is 14.1 Å². The van der Waals surface area contributed by atoms with Crippen LogP contribution >= 0.6 is 0 Å². The molecule has 1 atom stereocenters. The number of ether oxygens (including phenoxy) is 1. The summed E-state index contributed by atoms with van der Waals surface area (Å²) in [5, 5.41) is 2.88. The third-order valence-electron chi connectivity index (χ3n) is 3.23. The molecular formula is C17H26N2O2. The lowest BCUT2D eigenvalue weighted by molar-refractivity contribution is -0.130. The van der Waals surface area contributed by atoms with Crippen molar-refractivity contribution in [3.63, 3.8) is 0 Å². The largest absolute Gasteiger partial charge is 0.378 e. The van der Waals surface area contributed by atoms with Crippen LogP contribution in [-0.2, 0) is 16.0 Å². The second-order valence-corrected chi connectivity index (χ2v) is 5.22. The molecule has 21 heavy (non-hydrogen) atoms. The normalized spacial score (nSPS) is 11.8. The first-order valence-electron chi connectivity index (χ1n) is 7.31. The fraction of sp³-hybridized carbons (Fsp3) is 0.471. The number of hydrogen-bond acceptors (Lipinski definition) is 3. The minimum absolute atomic E-state index is 0.0696. The van der Waals surface area contributed by atoms with Crippen LogP contribution in [0.15, 0.2) is 36.9 Å². The number of aryl methyl sites for hydroxylation is 1. The van der Waals surface area contributed by atoms with Gasteiger partial charge in [-0.1, -0.05) is 18.2 Å². The molecule has 0 aromatic heterocycles. The lowest BCUT2D eigenvalue weighted by Crippen LogP contribution is -2.35. The van der Waals surface area contributed by atoms with Gasteiger partial charge in [-0.3, -0.25) is 4.79 Å². The highest BCUT2D eigenvalue weighted by atomic mass is 16.5. The summed E-state index contributed by atoms with van der Waals surface area (Å²) in [6, 6.07) is 8.48. The maximum Gasteiger partial charge on any atom is 0.248 e. The number of hydrogen-bond donors (Lipinski definition) is 1. The van der Waals surface area contributed by atoms with Crippen LogP contribution < -0.4 is 10.2 Å². The van der Waals surface area contributed by atoms with Crippen molar-refractivity contribution >= 4 is 11.6 Å². The molecule has 0 saturated carbocycles. The van der Waals surface area contributed by atoms with Crippen molar-refractivity contribution in [2.45, 2.75) is 25.9 Å². The highest BCUT2D eigenvalue weighted by Crippen LogP contribution is 2.13. The van der Waals surface area contributed by atoms with Crippen LogP contribution in [0, 0.1) is 0 Å². The predicted molar refractivity (Wildman–Crippen MR) is 87.7 cm³/mol. The number of nitrogens with one attached hydrogen (secondary N) is 1. The Bertz CT molecular complexity index is 441. The van der Waals surface area contributed by atoms with Crippen LogP contribution in [0.5, 0.6) is 0 Å². The van der Waals surface area contributed by atoms with Crippen molar-refractivity contribution in [1.82, 2.24) is 5.32 Å². The molecule has 0 aliphatic rings. The molecule has 0 aliphatic heterocycles. The highest BCUT2D eigenvalue weighted by molar-refractivity contribution is 5.80. The Balaban J connectivity index is 2.24. The van der Waals surface area contributed by atoms with Gasteiger partial charge in [0.15, 0.2) is 0 Å². The van der Waals surface area contributed by atoms with Gasteiger partial charge in [-0.05, 0) is 37.5 Å². The molecule has 0 bridgehead atoms. The lowest BCUT2D eigenvalue weighted by Gasteiger charge is -2.13. The van der Waals surface area contributed by atoms with E-state index in [2.05, 4.69) is 41.1 Å². The van der Waals surface area contributed by atoms with Gasteiger partial charge in [-0.25, -0.2) is 0 Å². The summed E-state index contributed by atoms with van der Waals surface area (Å²) in [6.07, 6.45) is 3.08. The molecule has 0 unspecified atom stereocenters. The molecule has 0 heterocycles. The van der Waals surface area contributed by atoms with Crippen molar-refractivity contribution in [3.05, 3.63) is 42.5 Å². The lowest BCUT2D eigenvalue weighted by atomic mass is 10.1. The van der Waals surface area contributed by atoms with Crippen LogP contribution in [0.3, 0.4) is 0 Å². The zero-order valence-corrected chi connectivity index (χ0v) is 13.3. The van der Waals surface area contributed by atoms with Crippen LogP contribution in [0.2, 0.25) is 0 Å². The number of anilines is 1. The van der Waals surface area contributed by atoms with Gasteiger partial charge in [0, 0.05) is 26.3 Å². The van der Waals surface area contributed by atoms with Crippen LogP contribution in [0.1, 0.15) is 18.9 Å². The van der Waals surface area contributed by atoms with Crippen LogP contribution in [0.25, 0.3) is 0 Å². The number of carbonyl (C=O) groups excluding carboxylic acids is 1. The smallest absolute Gasteiger partial charge is 0.248 e. The minimum atomic E-state index is -0.428. The molecule has 0 spiro atoms. The van der Waals surface area contributed by atoms with Crippen molar-refractivity contribution in [1.29, 1.82) is 0 Å². The molecule has 0 fully saturated rings. The second-order valence-electron chi connectivity index (χ2n) is 5.22. The summed E-state index contributed by atoms with van der Waals surface area (Å²) >= 11 is 0. The van der Waals surface area contributed by atoms with Crippen LogP contribution in [-0.4, -0.2) is 39.3 Å². The summed E-state index contributed by atoms with van der Waals surface area (Å²) in [5.41, 5.74) is 2.48. The Morgan fingerprint density at radius 1 is 1.38 bits per heavy atom. The number of benzene rings is 1. The zero-order chi connectivity index (χ0) is 15.7. The van der Waals surface area contributed by atoms with Crippen molar-refractivity contribution in [2.75, 3.05) is 32.1 Å². The van der Waals surface area contributed by atoms with Gasteiger partial charge >= 0.3 is 0 Å². The molecule has 0 radical (unpaired) electrons. The molecule has 4 heteroatoms. The summed E-state index contributed by atoms with van der Waals surface area (Å²) in [5.74, 6) is -0.0696. The Kier molecular flexibility index (Phi) is 7.54. The summed E-state index contributed by atoms with van der Waals surface area (Å²) in [6.45, 7) is 6.37. The third kappa shape index (κ3) is 6.45. The van der Waals surface area contributed by atoms with E-state index in [1.165, 1.54) is 11.3 Å². The molecule has 4 nitrogen and oxygen atoms in total. The van der Waals surface area contributed by atoms with E-state index in [9.17, 15) is 4.79 Å². The van der Waals surface area contributed by atoms with E-state index in [0.29, 0.717) is 13.2 Å². The van der Waals surface area contributed by atoms with E-state index >= 15 is 0 Å². The number of carbonyl (C=O) groups is 1. The highest BCUT2D eigenvalue weighted by Gasteiger charge is 2.11. The maximum absolute atomic E-state index is 11.7. The Labute approximate surface area is 127 Å². The molecule has 1 rings (SSSR count). The first kappa shape index (κ1) is 17.2. The van der Waals surface area contributed by atoms with E-state index in [1.54, 1.807) is 13.0 Å². The molecular weight excluding hydrogens is 264 g/mol. The van der Waals surface area contributed by atoms with Crippen molar-refractivity contribution in [2.24, 2.45) is 0 Å². The monoisotopic (exact) mass is 290 g/mol. The van der Waals surface area contributed by atoms with Crippen molar-refractivity contribution in [3.8, 4) is 0 Å². The average Bonchev–Trinajstić information content (AvgIpc) is 2.49. The molecule has 1 N–H and O–H groups in total. The number of nitrogens with zero attached hydrogens (tertiary/aromatic N) is 1. The maximum atomic E-state index is 11.7. The topological polar surface area (TPSA) is 41.6 Å². The Hall–Kier alpha value is -1.81. The Morgan fingerprint density at radius 3 is 2.62 bits per heavy atom. The molecule has 1 aromatic rings. The fourth-order valence-electron chi connectivity index (χ4n) is 1.90. The standard InChI is InChI=1S/C17H26N2O2/c1-5-13-21-14(2)17(20)18-12-6-7-15-8-10-16(11-9-15)19(3)4/h5,8-11,14H,1,6-7,12-13H2,2-4H3,(H,18,20)/t14-/m1/s1. The summed E-state index contributed by atoms with van der Waals surface area (Å²) in [7, 11) is 4.06. The van der Waals surface area contributed by atoms with Gasteiger partial charge in [0.1, 0.15) is 6.10 Å². The van der Waals surface area contributed by atoms with E-state index in [0.717, 1.165) is 12.8 Å².